The monoisotopic (exact) mass is 337 g/mol. The van der Waals surface area contributed by atoms with Gasteiger partial charge in [0.1, 0.15) is 17.4 Å². The van der Waals surface area contributed by atoms with E-state index in [0.717, 1.165) is 0 Å². The lowest BCUT2D eigenvalue weighted by Crippen LogP contribution is -2.19. The van der Waals surface area contributed by atoms with Crippen molar-refractivity contribution >= 4 is 18.2 Å². The number of hydrogen-bond acceptors (Lipinski definition) is 6. The lowest BCUT2D eigenvalue weighted by atomic mass is 10.1. The maximum Gasteiger partial charge on any atom is 0.282 e. The van der Waals surface area contributed by atoms with Gasteiger partial charge in [-0.25, -0.2) is 5.43 Å². The predicted octanol–water partition coefficient (Wildman–Crippen LogP) is 2.16. The number of para-hydroxylation sites is 1. The van der Waals surface area contributed by atoms with E-state index in [9.17, 15) is 15.0 Å². The Morgan fingerprint density at radius 3 is 2.68 bits per heavy atom. The van der Waals surface area contributed by atoms with Gasteiger partial charge in [-0.05, 0) is 35.9 Å². The van der Waals surface area contributed by atoms with E-state index in [1.54, 1.807) is 24.3 Å². The first kappa shape index (κ1) is 17.6. The van der Waals surface area contributed by atoms with E-state index in [1.807, 2.05) is 0 Å². The van der Waals surface area contributed by atoms with Gasteiger partial charge in [-0.15, -0.1) is 0 Å². The van der Waals surface area contributed by atoms with Crippen molar-refractivity contribution in [1.82, 2.24) is 5.43 Å². The van der Waals surface area contributed by atoms with E-state index in [2.05, 4.69) is 10.5 Å². The highest BCUT2D eigenvalue weighted by atomic mass is 16.5. The maximum absolute atomic E-state index is 12.0. The van der Waals surface area contributed by atoms with Crippen LogP contribution in [0.2, 0.25) is 0 Å². The van der Waals surface area contributed by atoms with Gasteiger partial charge in [-0.1, -0.05) is 18.2 Å². The molecule has 0 radical (unpaired) electrons. The summed E-state index contributed by atoms with van der Waals surface area (Å²) in [6, 6.07) is 12.7. The Morgan fingerprint density at radius 1 is 1.24 bits per heavy atom. The van der Waals surface area contributed by atoms with Crippen molar-refractivity contribution in [2.75, 3.05) is 7.11 Å². The van der Waals surface area contributed by atoms with Gasteiger partial charge < -0.3 is 14.9 Å². The zero-order valence-electron chi connectivity index (χ0n) is 13.3. The first-order valence-corrected chi connectivity index (χ1v) is 7.15. The number of hydrazone groups is 1. The number of nitrogens with zero attached hydrogens (tertiary/aromatic N) is 2. The largest absolute Gasteiger partial charge is 0.507 e. The van der Waals surface area contributed by atoms with Gasteiger partial charge >= 0.3 is 0 Å². The molecule has 126 valence electrons. The standard InChI is InChI=1S/C18H15N3O4/c1-25-17-9-12(6-7-16(17)23)8-14(10-19)18(24)21-20-11-13-4-2-3-5-15(13)22/h2-9,11,22-23H,1H3,(H,21,24). The number of carbonyl (C=O) groups is 1. The summed E-state index contributed by atoms with van der Waals surface area (Å²) in [6.07, 6.45) is 2.61. The molecule has 0 aliphatic rings. The van der Waals surface area contributed by atoms with Crippen molar-refractivity contribution in [2.45, 2.75) is 0 Å². The highest BCUT2D eigenvalue weighted by Gasteiger charge is 2.09. The van der Waals surface area contributed by atoms with Gasteiger partial charge in [0.2, 0.25) is 0 Å². The molecule has 2 aromatic rings. The fourth-order valence-corrected chi connectivity index (χ4v) is 1.92. The maximum atomic E-state index is 12.0. The normalized spacial score (nSPS) is 11.1. The number of carbonyl (C=O) groups excluding carboxylic acids is 1. The van der Waals surface area contributed by atoms with Gasteiger partial charge in [0.05, 0.1) is 13.3 Å². The first-order chi connectivity index (χ1) is 12.0. The summed E-state index contributed by atoms with van der Waals surface area (Å²) in [5, 5.41) is 32.0. The second-order valence-electron chi connectivity index (χ2n) is 4.86. The number of ether oxygens (including phenoxy) is 1. The minimum Gasteiger partial charge on any atom is -0.507 e. The van der Waals surface area contributed by atoms with E-state index in [-0.39, 0.29) is 22.8 Å². The number of aromatic hydroxyl groups is 2. The van der Waals surface area contributed by atoms with E-state index in [4.69, 9.17) is 10.00 Å². The molecule has 7 nitrogen and oxygen atoms in total. The van der Waals surface area contributed by atoms with Gasteiger partial charge in [-0.3, -0.25) is 4.79 Å². The lowest BCUT2D eigenvalue weighted by Gasteiger charge is -2.04. The van der Waals surface area contributed by atoms with Crippen LogP contribution in [0.15, 0.2) is 53.1 Å². The van der Waals surface area contributed by atoms with Gasteiger partial charge in [0, 0.05) is 5.56 Å². The Bertz CT molecular complexity index is 882. The zero-order valence-corrected chi connectivity index (χ0v) is 13.3. The summed E-state index contributed by atoms with van der Waals surface area (Å²) in [4.78, 5) is 12.0. The molecule has 0 unspecified atom stereocenters. The summed E-state index contributed by atoms with van der Waals surface area (Å²) in [5.74, 6) is -0.507. The number of nitriles is 1. The van der Waals surface area contributed by atoms with Crippen molar-refractivity contribution in [3.63, 3.8) is 0 Å². The molecular formula is C18H15N3O4. The Morgan fingerprint density at radius 2 is 2.00 bits per heavy atom. The lowest BCUT2D eigenvalue weighted by molar-refractivity contribution is -0.117. The molecule has 0 saturated carbocycles. The highest BCUT2D eigenvalue weighted by molar-refractivity contribution is 6.02. The minimum atomic E-state index is -0.707. The smallest absolute Gasteiger partial charge is 0.282 e. The topological polar surface area (TPSA) is 115 Å². The number of phenolic OH excluding ortho intramolecular Hbond substituents is 2. The Balaban J connectivity index is 2.13. The molecule has 0 spiro atoms. The third kappa shape index (κ3) is 4.59. The van der Waals surface area contributed by atoms with Crippen LogP contribution in [-0.2, 0) is 4.79 Å². The summed E-state index contributed by atoms with van der Waals surface area (Å²) in [7, 11) is 1.40. The molecular weight excluding hydrogens is 322 g/mol. The molecule has 0 fully saturated rings. The van der Waals surface area contributed by atoms with Crippen molar-refractivity contribution in [1.29, 1.82) is 5.26 Å². The van der Waals surface area contributed by atoms with Crippen LogP contribution in [0.3, 0.4) is 0 Å². The first-order valence-electron chi connectivity index (χ1n) is 7.15. The molecule has 0 saturated heterocycles. The molecule has 2 rings (SSSR count). The quantitative estimate of drug-likeness (QED) is 0.335. The van der Waals surface area contributed by atoms with Gasteiger partial charge in [-0.2, -0.15) is 10.4 Å². The van der Waals surface area contributed by atoms with Crippen LogP contribution in [0.4, 0.5) is 0 Å². The van der Waals surface area contributed by atoms with E-state index < -0.39 is 5.91 Å². The van der Waals surface area contributed by atoms with Crippen LogP contribution in [-0.4, -0.2) is 29.4 Å². The van der Waals surface area contributed by atoms with Crippen LogP contribution in [0.25, 0.3) is 6.08 Å². The van der Waals surface area contributed by atoms with Crippen molar-refractivity contribution in [3.05, 3.63) is 59.2 Å². The summed E-state index contributed by atoms with van der Waals surface area (Å²) >= 11 is 0. The van der Waals surface area contributed by atoms with Crippen LogP contribution >= 0.6 is 0 Å². The average molecular weight is 337 g/mol. The van der Waals surface area contributed by atoms with E-state index in [1.165, 1.54) is 43.7 Å². The minimum absolute atomic E-state index is 0.0211. The summed E-state index contributed by atoms with van der Waals surface area (Å²) < 4.78 is 4.98. The number of amides is 1. The molecule has 25 heavy (non-hydrogen) atoms. The SMILES string of the molecule is COc1cc(C=C(C#N)C(=O)NN=Cc2ccccc2O)ccc1O. The molecule has 0 aliphatic carbocycles. The molecule has 0 aliphatic heterocycles. The molecule has 7 heteroatoms. The van der Waals surface area contributed by atoms with Crippen molar-refractivity contribution < 1.29 is 19.7 Å². The van der Waals surface area contributed by atoms with Gasteiger partial charge in [0.25, 0.3) is 5.91 Å². The molecule has 2 aromatic carbocycles. The second kappa shape index (κ2) is 8.17. The highest BCUT2D eigenvalue weighted by Crippen LogP contribution is 2.27. The predicted molar refractivity (Wildman–Crippen MR) is 92.1 cm³/mol. The number of hydrogen-bond donors (Lipinski definition) is 3. The summed E-state index contributed by atoms with van der Waals surface area (Å²) in [5.41, 5.74) is 2.97. The Labute approximate surface area is 144 Å². The zero-order chi connectivity index (χ0) is 18.2. The van der Waals surface area contributed by atoms with Crippen molar-refractivity contribution in [3.8, 4) is 23.3 Å². The second-order valence-corrected chi connectivity index (χ2v) is 4.86. The summed E-state index contributed by atoms with van der Waals surface area (Å²) in [6.45, 7) is 0. The molecule has 0 bridgehead atoms. The van der Waals surface area contributed by atoms with Crippen molar-refractivity contribution in [2.24, 2.45) is 5.10 Å². The number of rotatable bonds is 5. The van der Waals surface area contributed by atoms with Crippen LogP contribution in [0.1, 0.15) is 11.1 Å². The molecule has 0 atom stereocenters. The average Bonchev–Trinajstić information content (AvgIpc) is 2.62. The molecule has 0 aromatic heterocycles. The van der Waals surface area contributed by atoms with Crippen LogP contribution in [0.5, 0.6) is 17.2 Å². The Hall–Kier alpha value is -3.79. The third-order valence-electron chi connectivity index (χ3n) is 3.19. The number of methoxy groups -OCH3 is 1. The number of nitrogens with one attached hydrogen (secondary N) is 1. The van der Waals surface area contributed by atoms with E-state index >= 15 is 0 Å². The van der Waals surface area contributed by atoms with Crippen LogP contribution in [0, 0.1) is 11.3 Å². The van der Waals surface area contributed by atoms with Gasteiger partial charge in [0.15, 0.2) is 11.5 Å². The number of phenols is 2. The van der Waals surface area contributed by atoms with Crippen LogP contribution < -0.4 is 10.2 Å². The number of benzene rings is 2. The Kier molecular flexibility index (Phi) is 5.74. The fourth-order valence-electron chi connectivity index (χ4n) is 1.92. The molecule has 3 N–H and O–H groups in total. The van der Waals surface area contributed by atoms with E-state index in [0.29, 0.717) is 11.1 Å². The third-order valence-corrected chi connectivity index (χ3v) is 3.19. The molecule has 1 amide bonds. The fraction of sp³-hybridized carbons (Fsp3) is 0.0556. The molecule has 0 heterocycles.